The molecule has 0 amide bonds. The highest BCUT2D eigenvalue weighted by atomic mass is 16.5. The minimum atomic E-state index is -0.750. The number of nitrogens with zero attached hydrogens (tertiary/aromatic N) is 1. The highest BCUT2D eigenvalue weighted by Crippen LogP contribution is 2.23. The summed E-state index contributed by atoms with van der Waals surface area (Å²) in [6, 6.07) is 9.81. The second-order valence-electron chi connectivity index (χ2n) is 5.80. The zero-order valence-corrected chi connectivity index (χ0v) is 12.3. The summed E-state index contributed by atoms with van der Waals surface area (Å²) in [7, 11) is 0. The summed E-state index contributed by atoms with van der Waals surface area (Å²) < 4.78 is 5.50. The fraction of sp³-hybridized carbons (Fsp3) is 0.562. The molecule has 5 nitrogen and oxygen atoms in total. The molecule has 3 unspecified atom stereocenters. The molecule has 0 radical (unpaired) electrons. The summed E-state index contributed by atoms with van der Waals surface area (Å²) in [6.07, 6.45) is -0.589. The number of β-amino-alcohol motifs (C(OH)–C–C–N with tert-alkyl or cyclic N) is 1. The van der Waals surface area contributed by atoms with Gasteiger partial charge in [-0.2, -0.15) is 0 Å². The third-order valence-electron chi connectivity index (χ3n) is 3.90. The van der Waals surface area contributed by atoms with Crippen LogP contribution in [-0.2, 0) is 16.1 Å². The number of aliphatic carboxylic acids is 1. The fourth-order valence-electron chi connectivity index (χ4n) is 2.78. The average molecular weight is 293 g/mol. The molecule has 0 saturated carbocycles. The summed E-state index contributed by atoms with van der Waals surface area (Å²) in [5.41, 5.74) is 1.07. The van der Waals surface area contributed by atoms with Gasteiger partial charge in [-0.25, -0.2) is 0 Å². The van der Waals surface area contributed by atoms with Crippen LogP contribution in [0.3, 0.4) is 0 Å². The molecule has 0 aliphatic carbocycles. The maximum Gasteiger partial charge on any atom is 0.308 e. The normalized spacial score (nSPS) is 24.1. The van der Waals surface area contributed by atoms with Crippen molar-refractivity contribution in [3.05, 3.63) is 35.9 Å². The van der Waals surface area contributed by atoms with Crippen molar-refractivity contribution in [2.75, 3.05) is 26.2 Å². The molecule has 5 heteroatoms. The molecule has 116 valence electrons. The summed E-state index contributed by atoms with van der Waals surface area (Å²) in [5, 5.41) is 19.1. The number of carboxylic acids is 1. The molecule has 2 rings (SSSR count). The van der Waals surface area contributed by atoms with Gasteiger partial charge in [-0.05, 0) is 11.5 Å². The van der Waals surface area contributed by atoms with Gasteiger partial charge in [0.05, 0.1) is 25.2 Å². The van der Waals surface area contributed by atoms with E-state index in [4.69, 9.17) is 9.84 Å². The quantitative estimate of drug-likeness (QED) is 0.791. The number of likely N-dealkylation sites (tertiary alicyclic amines) is 1. The second kappa shape index (κ2) is 7.54. The largest absolute Gasteiger partial charge is 0.481 e. The predicted molar refractivity (Wildman–Crippen MR) is 78.8 cm³/mol. The van der Waals surface area contributed by atoms with Crippen molar-refractivity contribution in [1.29, 1.82) is 0 Å². The van der Waals surface area contributed by atoms with Gasteiger partial charge in [0.1, 0.15) is 0 Å². The van der Waals surface area contributed by atoms with E-state index in [0.29, 0.717) is 26.2 Å². The average Bonchev–Trinajstić information content (AvgIpc) is 2.81. The Morgan fingerprint density at radius 1 is 1.38 bits per heavy atom. The maximum atomic E-state index is 11.1. The SMILES string of the molecule is CC1CN(CC(O)COCc2ccccc2)CC1C(=O)O. The van der Waals surface area contributed by atoms with Crippen LogP contribution in [0.4, 0.5) is 0 Å². The molecular formula is C16H23NO4. The van der Waals surface area contributed by atoms with E-state index in [1.165, 1.54) is 0 Å². The number of ether oxygens (including phenoxy) is 1. The summed E-state index contributed by atoms with van der Waals surface area (Å²) in [4.78, 5) is 13.1. The monoisotopic (exact) mass is 293 g/mol. The van der Waals surface area contributed by atoms with Gasteiger partial charge >= 0.3 is 5.97 Å². The lowest BCUT2D eigenvalue weighted by Gasteiger charge is -2.19. The van der Waals surface area contributed by atoms with E-state index in [9.17, 15) is 9.90 Å². The number of hydrogen-bond acceptors (Lipinski definition) is 4. The molecule has 1 aromatic rings. The molecule has 3 atom stereocenters. The van der Waals surface area contributed by atoms with Crippen molar-refractivity contribution in [3.63, 3.8) is 0 Å². The molecule has 1 heterocycles. The Bertz CT molecular complexity index is 451. The molecule has 1 fully saturated rings. The van der Waals surface area contributed by atoms with E-state index >= 15 is 0 Å². The lowest BCUT2D eigenvalue weighted by Crippen LogP contribution is -2.34. The Labute approximate surface area is 125 Å². The highest BCUT2D eigenvalue weighted by molar-refractivity contribution is 5.71. The van der Waals surface area contributed by atoms with Gasteiger partial charge in [0.15, 0.2) is 0 Å². The van der Waals surface area contributed by atoms with E-state index in [-0.39, 0.29) is 18.4 Å². The third kappa shape index (κ3) is 4.81. The topological polar surface area (TPSA) is 70.0 Å². The number of rotatable bonds is 7. The number of benzene rings is 1. The van der Waals surface area contributed by atoms with Crippen LogP contribution in [0.1, 0.15) is 12.5 Å². The molecule has 0 bridgehead atoms. The third-order valence-corrected chi connectivity index (χ3v) is 3.90. The van der Waals surface area contributed by atoms with Crippen molar-refractivity contribution < 1.29 is 19.7 Å². The van der Waals surface area contributed by atoms with E-state index < -0.39 is 12.1 Å². The lowest BCUT2D eigenvalue weighted by atomic mass is 9.99. The number of carbonyl (C=O) groups is 1. The first-order valence-electron chi connectivity index (χ1n) is 7.31. The first-order valence-corrected chi connectivity index (χ1v) is 7.31. The van der Waals surface area contributed by atoms with E-state index in [1.807, 2.05) is 42.2 Å². The fourth-order valence-corrected chi connectivity index (χ4v) is 2.78. The van der Waals surface area contributed by atoms with Crippen LogP contribution in [0, 0.1) is 11.8 Å². The Hall–Kier alpha value is -1.43. The smallest absolute Gasteiger partial charge is 0.308 e. The maximum absolute atomic E-state index is 11.1. The summed E-state index contributed by atoms with van der Waals surface area (Å²) in [6.45, 7) is 4.36. The molecular weight excluding hydrogens is 270 g/mol. The van der Waals surface area contributed by atoms with Crippen molar-refractivity contribution in [1.82, 2.24) is 4.90 Å². The molecule has 0 spiro atoms. The first kappa shape index (κ1) is 15.9. The number of aliphatic hydroxyl groups is 1. The number of aliphatic hydroxyl groups excluding tert-OH is 1. The summed E-state index contributed by atoms with van der Waals surface area (Å²) in [5.74, 6) is -0.956. The van der Waals surface area contributed by atoms with Crippen LogP contribution in [0.5, 0.6) is 0 Å². The van der Waals surface area contributed by atoms with Crippen LogP contribution in [0.15, 0.2) is 30.3 Å². The number of hydrogen-bond donors (Lipinski definition) is 2. The zero-order chi connectivity index (χ0) is 15.2. The Morgan fingerprint density at radius 2 is 2.10 bits per heavy atom. The van der Waals surface area contributed by atoms with Gasteiger partial charge in [0, 0.05) is 19.6 Å². The molecule has 21 heavy (non-hydrogen) atoms. The van der Waals surface area contributed by atoms with Gasteiger partial charge < -0.3 is 14.9 Å². The van der Waals surface area contributed by atoms with Gasteiger partial charge in [-0.3, -0.25) is 9.69 Å². The molecule has 2 N–H and O–H groups in total. The van der Waals surface area contributed by atoms with Crippen molar-refractivity contribution in [3.8, 4) is 0 Å². The van der Waals surface area contributed by atoms with Gasteiger partial charge in [-0.15, -0.1) is 0 Å². The van der Waals surface area contributed by atoms with Crippen molar-refractivity contribution >= 4 is 5.97 Å². The van der Waals surface area contributed by atoms with Crippen molar-refractivity contribution in [2.24, 2.45) is 11.8 Å². The predicted octanol–water partition coefficient (Wildman–Crippen LogP) is 1.22. The van der Waals surface area contributed by atoms with Crippen LogP contribution >= 0.6 is 0 Å². The van der Waals surface area contributed by atoms with Crippen LogP contribution < -0.4 is 0 Å². The van der Waals surface area contributed by atoms with Crippen LogP contribution in [0.25, 0.3) is 0 Å². The first-order chi connectivity index (χ1) is 10.1. The van der Waals surface area contributed by atoms with E-state index in [0.717, 1.165) is 5.56 Å². The van der Waals surface area contributed by atoms with Gasteiger partial charge in [-0.1, -0.05) is 37.3 Å². The van der Waals surface area contributed by atoms with Crippen LogP contribution in [-0.4, -0.2) is 53.4 Å². The minimum Gasteiger partial charge on any atom is -0.481 e. The minimum absolute atomic E-state index is 0.125. The number of carboxylic acid groups (broad SMARTS) is 1. The van der Waals surface area contributed by atoms with Crippen molar-refractivity contribution in [2.45, 2.75) is 19.6 Å². The molecule has 1 aromatic carbocycles. The Kier molecular flexibility index (Phi) is 5.73. The highest BCUT2D eigenvalue weighted by Gasteiger charge is 2.35. The van der Waals surface area contributed by atoms with Crippen LogP contribution in [0.2, 0.25) is 0 Å². The molecule has 1 aliphatic rings. The lowest BCUT2D eigenvalue weighted by molar-refractivity contribution is -0.142. The Balaban J connectivity index is 1.68. The van der Waals surface area contributed by atoms with E-state index in [2.05, 4.69) is 0 Å². The zero-order valence-electron chi connectivity index (χ0n) is 12.3. The summed E-state index contributed by atoms with van der Waals surface area (Å²) >= 11 is 0. The molecule has 0 aromatic heterocycles. The molecule has 1 saturated heterocycles. The standard InChI is InChI=1S/C16H23NO4/c1-12-7-17(9-15(12)16(19)20)8-14(18)11-21-10-13-5-3-2-4-6-13/h2-6,12,14-15,18H,7-11H2,1H3,(H,19,20). The Morgan fingerprint density at radius 3 is 2.71 bits per heavy atom. The van der Waals surface area contributed by atoms with E-state index in [1.54, 1.807) is 0 Å². The second-order valence-corrected chi connectivity index (χ2v) is 5.80. The van der Waals surface area contributed by atoms with Gasteiger partial charge in [0.2, 0.25) is 0 Å². The molecule has 1 aliphatic heterocycles. The van der Waals surface area contributed by atoms with Gasteiger partial charge in [0.25, 0.3) is 0 Å².